The number of rotatable bonds is 4. The lowest BCUT2D eigenvalue weighted by molar-refractivity contribution is -0.136. The van der Waals surface area contributed by atoms with Crippen LogP contribution in [0.15, 0.2) is 28.8 Å². The van der Waals surface area contributed by atoms with E-state index in [4.69, 9.17) is 9.63 Å². The van der Waals surface area contributed by atoms with Gasteiger partial charge in [-0.1, -0.05) is 35.0 Å². The Hall–Kier alpha value is -2.17. The fourth-order valence-electron chi connectivity index (χ4n) is 1.45. The summed E-state index contributed by atoms with van der Waals surface area (Å²) in [6.07, 6.45) is 0.310. The smallest absolute Gasteiger partial charge is 0.311 e. The van der Waals surface area contributed by atoms with Gasteiger partial charge in [-0.3, -0.25) is 4.79 Å². The van der Waals surface area contributed by atoms with Crippen molar-refractivity contribution in [2.24, 2.45) is 0 Å². The fraction of sp³-hybridized carbons (Fsp3) is 0.250. The molecule has 0 bridgehead atoms. The third kappa shape index (κ3) is 3.14. The molecule has 0 aliphatic rings. The summed E-state index contributed by atoms with van der Waals surface area (Å²) in [4.78, 5) is 14.5. The molecule has 0 spiro atoms. The minimum Gasteiger partial charge on any atom is -0.481 e. The Kier molecular flexibility index (Phi) is 3.18. The molecular weight excluding hydrogens is 220 g/mol. The number of carboxylic acid groups (broad SMARTS) is 1. The third-order valence-electron chi connectivity index (χ3n) is 2.30. The van der Waals surface area contributed by atoms with Crippen LogP contribution in [0.2, 0.25) is 0 Å². The van der Waals surface area contributed by atoms with Gasteiger partial charge in [-0.05, 0) is 12.5 Å². The third-order valence-corrected chi connectivity index (χ3v) is 2.30. The lowest BCUT2D eigenvalue weighted by atomic mass is 10.1. The van der Waals surface area contributed by atoms with E-state index in [0.29, 0.717) is 12.3 Å². The Labute approximate surface area is 98.1 Å². The fourth-order valence-corrected chi connectivity index (χ4v) is 1.45. The highest BCUT2D eigenvalue weighted by Gasteiger charge is 2.10. The van der Waals surface area contributed by atoms with Gasteiger partial charge in [0.15, 0.2) is 5.82 Å². The summed E-state index contributed by atoms with van der Waals surface area (Å²) >= 11 is 0. The summed E-state index contributed by atoms with van der Waals surface area (Å²) in [5.74, 6) is -0.322. The molecular formula is C12H12N2O3. The zero-order valence-electron chi connectivity index (χ0n) is 9.38. The number of carbonyl (C=O) groups is 1. The second-order valence-electron chi connectivity index (χ2n) is 3.84. The van der Waals surface area contributed by atoms with Gasteiger partial charge in [0, 0.05) is 0 Å². The molecule has 17 heavy (non-hydrogen) atoms. The van der Waals surface area contributed by atoms with Gasteiger partial charge >= 0.3 is 5.97 Å². The predicted octanol–water partition coefficient (Wildman–Crippen LogP) is 1.60. The van der Waals surface area contributed by atoms with Crippen molar-refractivity contribution in [3.8, 4) is 0 Å². The maximum absolute atomic E-state index is 10.5. The summed E-state index contributed by atoms with van der Waals surface area (Å²) in [6.45, 7) is 2.02. The summed E-state index contributed by atoms with van der Waals surface area (Å²) in [6, 6.07) is 7.97. The quantitative estimate of drug-likeness (QED) is 0.866. The van der Waals surface area contributed by atoms with Crippen LogP contribution in [0.1, 0.15) is 22.8 Å². The first-order valence-electron chi connectivity index (χ1n) is 5.22. The molecule has 0 amide bonds. The summed E-state index contributed by atoms with van der Waals surface area (Å²) < 4.78 is 4.98. The standard InChI is InChI=1S/C12H12N2O3/c1-8-2-4-9(5-3-8)6-11-13-10(14-17-11)7-12(15)16/h2-5H,6-7H2,1H3,(H,15,16). The molecule has 1 heterocycles. The highest BCUT2D eigenvalue weighted by Crippen LogP contribution is 2.09. The van der Waals surface area contributed by atoms with Crippen molar-refractivity contribution in [1.82, 2.24) is 10.1 Å². The van der Waals surface area contributed by atoms with E-state index in [1.165, 1.54) is 5.56 Å². The van der Waals surface area contributed by atoms with Crippen molar-refractivity contribution in [2.45, 2.75) is 19.8 Å². The van der Waals surface area contributed by atoms with Crippen molar-refractivity contribution in [1.29, 1.82) is 0 Å². The Morgan fingerprint density at radius 1 is 1.35 bits per heavy atom. The molecule has 88 valence electrons. The van der Waals surface area contributed by atoms with Crippen LogP contribution in [0.25, 0.3) is 0 Å². The first-order valence-corrected chi connectivity index (χ1v) is 5.22. The van der Waals surface area contributed by atoms with Gasteiger partial charge in [0.1, 0.15) is 6.42 Å². The molecule has 0 saturated heterocycles. The summed E-state index contributed by atoms with van der Waals surface area (Å²) in [5.41, 5.74) is 2.24. The van der Waals surface area contributed by atoms with E-state index in [-0.39, 0.29) is 12.2 Å². The maximum atomic E-state index is 10.5. The Morgan fingerprint density at radius 3 is 2.71 bits per heavy atom. The van der Waals surface area contributed by atoms with Crippen LogP contribution in [0.3, 0.4) is 0 Å². The molecule has 0 saturated carbocycles. The topological polar surface area (TPSA) is 76.2 Å². The van der Waals surface area contributed by atoms with Crippen LogP contribution in [-0.4, -0.2) is 21.2 Å². The summed E-state index contributed by atoms with van der Waals surface area (Å²) in [7, 11) is 0. The number of hydrogen-bond acceptors (Lipinski definition) is 4. The number of nitrogens with zero attached hydrogens (tertiary/aromatic N) is 2. The zero-order chi connectivity index (χ0) is 12.3. The molecule has 5 heteroatoms. The second kappa shape index (κ2) is 4.78. The predicted molar refractivity (Wildman–Crippen MR) is 59.6 cm³/mol. The maximum Gasteiger partial charge on any atom is 0.311 e. The van der Waals surface area contributed by atoms with Crippen LogP contribution < -0.4 is 0 Å². The zero-order valence-corrected chi connectivity index (χ0v) is 9.38. The summed E-state index contributed by atoms with van der Waals surface area (Å²) in [5, 5.41) is 12.2. The van der Waals surface area contributed by atoms with E-state index in [2.05, 4.69) is 10.1 Å². The molecule has 0 aliphatic carbocycles. The van der Waals surface area contributed by atoms with Gasteiger partial charge in [-0.2, -0.15) is 4.98 Å². The van der Waals surface area contributed by atoms with Crippen LogP contribution >= 0.6 is 0 Å². The van der Waals surface area contributed by atoms with Crippen LogP contribution in [-0.2, 0) is 17.6 Å². The molecule has 1 aromatic heterocycles. The average molecular weight is 232 g/mol. The molecule has 2 rings (SSSR count). The Balaban J connectivity index is 2.06. The first kappa shape index (κ1) is 11.3. The van der Waals surface area contributed by atoms with Gasteiger partial charge in [0.25, 0.3) is 0 Å². The molecule has 1 N–H and O–H groups in total. The molecule has 0 radical (unpaired) electrons. The van der Waals surface area contributed by atoms with Gasteiger partial charge in [-0.25, -0.2) is 0 Å². The average Bonchev–Trinajstić information content (AvgIpc) is 2.68. The van der Waals surface area contributed by atoms with Crippen molar-refractivity contribution in [3.63, 3.8) is 0 Å². The number of aliphatic carboxylic acids is 1. The Bertz CT molecular complexity index is 517. The lowest BCUT2D eigenvalue weighted by Crippen LogP contribution is -2.01. The number of aromatic nitrogens is 2. The normalized spacial score (nSPS) is 10.4. The molecule has 0 fully saturated rings. The minimum atomic E-state index is -0.965. The van der Waals surface area contributed by atoms with Crippen LogP contribution in [0.4, 0.5) is 0 Å². The molecule has 1 aromatic carbocycles. The Morgan fingerprint density at radius 2 is 2.06 bits per heavy atom. The largest absolute Gasteiger partial charge is 0.481 e. The number of carboxylic acids is 1. The second-order valence-corrected chi connectivity index (χ2v) is 3.84. The van der Waals surface area contributed by atoms with E-state index in [1.54, 1.807) is 0 Å². The molecule has 0 unspecified atom stereocenters. The monoisotopic (exact) mass is 232 g/mol. The van der Waals surface area contributed by atoms with Gasteiger partial charge in [-0.15, -0.1) is 0 Å². The highest BCUT2D eigenvalue weighted by atomic mass is 16.5. The number of aryl methyl sites for hydroxylation is 1. The van der Waals surface area contributed by atoms with Crippen LogP contribution in [0, 0.1) is 6.92 Å². The molecule has 5 nitrogen and oxygen atoms in total. The number of benzene rings is 1. The van der Waals surface area contributed by atoms with Crippen molar-refractivity contribution in [2.75, 3.05) is 0 Å². The van der Waals surface area contributed by atoms with E-state index in [9.17, 15) is 4.79 Å². The van der Waals surface area contributed by atoms with Gasteiger partial charge < -0.3 is 9.63 Å². The SMILES string of the molecule is Cc1ccc(Cc2nc(CC(=O)O)no2)cc1. The van der Waals surface area contributed by atoms with Crippen molar-refractivity contribution >= 4 is 5.97 Å². The number of hydrogen-bond donors (Lipinski definition) is 1. The van der Waals surface area contributed by atoms with Gasteiger partial charge in [0.05, 0.1) is 6.42 Å². The molecule has 2 aromatic rings. The highest BCUT2D eigenvalue weighted by molar-refractivity contribution is 5.68. The van der Waals surface area contributed by atoms with E-state index in [1.807, 2.05) is 31.2 Å². The van der Waals surface area contributed by atoms with Gasteiger partial charge in [0.2, 0.25) is 5.89 Å². The van der Waals surface area contributed by atoms with Crippen molar-refractivity contribution in [3.05, 3.63) is 47.1 Å². The van der Waals surface area contributed by atoms with Crippen molar-refractivity contribution < 1.29 is 14.4 Å². The van der Waals surface area contributed by atoms with Crippen LogP contribution in [0.5, 0.6) is 0 Å². The molecule has 0 aliphatic heterocycles. The lowest BCUT2D eigenvalue weighted by Gasteiger charge is -1.96. The minimum absolute atomic E-state index is 0.208. The first-order chi connectivity index (χ1) is 8.13. The van der Waals surface area contributed by atoms with E-state index >= 15 is 0 Å². The van der Waals surface area contributed by atoms with E-state index < -0.39 is 5.97 Å². The van der Waals surface area contributed by atoms with E-state index in [0.717, 1.165) is 5.56 Å². The molecule has 0 atom stereocenters.